The maximum Gasteiger partial charge on any atom is 0.313 e. The number of unbranched alkanes of at least 4 members (excludes halogenated alkanes) is 15. The van der Waals surface area contributed by atoms with E-state index in [0.717, 1.165) is 23.7 Å². The molecular formula is C32H66NO9S2+. The number of nitrogens with zero attached hydrogens (tertiary/aromatic N) is 1. The Bertz CT molecular complexity index is 945. The van der Waals surface area contributed by atoms with Crippen molar-refractivity contribution in [3.63, 3.8) is 0 Å². The van der Waals surface area contributed by atoms with Gasteiger partial charge >= 0.3 is 16.1 Å². The molecule has 2 unspecified atom stereocenters. The van der Waals surface area contributed by atoms with Crippen molar-refractivity contribution < 1.29 is 44.0 Å². The summed E-state index contributed by atoms with van der Waals surface area (Å²) in [6.45, 7) is 8.21. The molecule has 0 saturated heterocycles. The van der Waals surface area contributed by atoms with Gasteiger partial charge in [-0.05, 0) is 26.7 Å². The fourth-order valence-electron chi connectivity index (χ4n) is 4.69. The van der Waals surface area contributed by atoms with E-state index in [1.54, 1.807) is 0 Å². The van der Waals surface area contributed by atoms with Gasteiger partial charge in [-0.15, -0.1) is 3.63 Å². The Morgan fingerprint density at radius 2 is 1.09 bits per heavy atom. The summed E-state index contributed by atoms with van der Waals surface area (Å²) in [7, 11) is -2.44. The first-order valence-electron chi connectivity index (χ1n) is 16.7. The fourth-order valence-corrected chi connectivity index (χ4v) is 7.17. The summed E-state index contributed by atoms with van der Waals surface area (Å²) < 4.78 is 63.2. The van der Waals surface area contributed by atoms with E-state index in [1.165, 1.54) is 104 Å². The van der Waals surface area contributed by atoms with Gasteiger partial charge in [0.15, 0.2) is 0 Å². The lowest BCUT2D eigenvalue weighted by Crippen LogP contribution is -2.40. The van der Waals surface area contributed by atoms with Crippen molar-refractivity contribution in [2.45, 2.75) is 155 Å². The second kappa shape index (κ2) is 26.0. The van der Waals surface area contributed by atoms with Gasteiger partial charge in [-0.1, -0.05) is 110 Å². The van der Waals surface area contributed by atoms with E-state index in [0.29, 0.717) is 12.7 Å². The summed E-state index contributed by atoms with van der Waals surface area (Å²) in [5, 5.41) is 0. The zero-order valence-electron chi connectivity index (χ0n) is 29.2. The molecule has 0 saturated carbocycles. The minimum Gasteiger partial charge on any atom is -0.458 e. The molecule has 0 bridgehead atoms. The SMILES string of the molecule is CCCCCCCCCCCCCCCCCCOC(C(C)OC(=O)CC(C)=O)S(=O)(=O)OS(C)(=O)=O.CCC[N+](C)(C)C. The average molecular weight is 673 g/mol. The number of hydrogen-bond acceptors (Lipinski definition) is 9. The van der Waals surface area contributed by atoms with Crippen molar-refractivity contribution in [2.24, 2.45) is 0 Å². The predicted octanol–water partition coefficient (Wildman–Crippen LogP) is 6.91. The average Bonchev–Trinajstić information content (AvgIpc) is 2.85. The van der Waals surface area contributed by atoms with Crippen LogP contribution in [-0.2, 0) is 42.9 Å². The highest BCUT2D eigenvalue weighted by atomic mass is 32.3. The van der Waals surface area contributed by atoms with E-state index in [-0.39, 0.29) is 6.61 Å². The van der Waals surface area contributed by atoms with E-state index in [9.17, 15) is 26.4 Å². The summed E-state index contributed by atoms with van der Waals surface area (Å²) in [6.07, 6.45) is 19.2. The van der Waals surface area contributed by atoms with Crippen molar-refractivity contribution in [3.8, 4) is 0 Å². The number of rotatable bonds is 27. The lowest BCUT2D eigenvalue weighted by Gasteiger charge is -2.23. The molecule has 12 heteroatoms. The molecule has 0 aromatic heterocycles. The molecule has 0 amide bonds. The van der Waals surface area contributed by atoms with E-state index in [1.807, 2.05) is 0 Å². The molecule has 0 radical (unpaired) electrons. The Labute approximate surface area is 270 Å². The van der Waals surface area contributed by atoms with Crippen LogP contribution in [0.25, 0.3) is 0 Å². The van der Waals surface area contributed by atoms with E-state index < -0.39 is 49.9 Å². The van der Waals surface area contributed by atoms with Gasteiger partial charge in [-0.3, -0.25) is 9.59 Å². The van der Waals surface area contributed by atoms with Crippen LogP contribution in [0.15, 0.2) is 0 Å². The number of hydrogen-bond donors (Lipinski definition) is 0. The Balaban J connectivity index is 0. The third-order valence-electron chi connectivity index (χ3n) is 6.77. The predicted molar refractivity (Wildman–Crippen MR) is 178 cm³/mol. The number of carbonyl (C=O) groups is 2. The minimum atomic E-state index is -4.75. The number of ketones is 1. The molecule has 10 nitrogen and oxygen atoms in total. The molecule has 0 heterocycles. The van der Waals surface area contributed by atoms with Crippen LogP contribution in [0.2, 0.25) is 0 Å². The number of esters is 1. The van der Waals surface area contributed by atoms with Gasteiger partial charge in [0.25, 0.3) is 10.1 Å². The van der Waals surface area contributed by atoms with Crippen LogP contribution in [0.4, 0.5) is 0 Å². The molecule has 0 aliphatic rings. The smallest absolute Gasteiger partial charge is 0.313 e. The highest BCUT2D eigenvalue weighted by Gasteiger charge is 2.38. The summed E-state index contributed by atoms with van der Waals surface area (Å²) in [5.74, 6) is -1.37. The van der Waals surface area contributed by atoms with Gasteiger partial charge in [0.05, 0.1) is 33.9 Å². The number of Topliss-reactive ketones (excluding diaryl/α,β-unsaturated/α-hetero) is 1. The monoisotopic (exact) mass is 672 g/mol. The Kier molecular flexibility index (Phi) is 26.7. The molecule has 0 spiro atoms. The first-order chi connectivity index (χ1) is 20.4. The summed E-state index contributed by atoms with van der Waals surface area (Å²) in [4.78, 5) is 22.8. The van der Waals surface area contributed by atoms with Crippen LogP contribution in [0, 0.1) is 0 Å². The van der Waals surface area contributed by atoms with Crippen LogP contribution >= 0.6 is 0 Å². The van der Waals surface area contributed by atoms with Crippen molar-refractivity contribution in [1.29, 1.82) is 0 Å². The Morgan fingerprint density at radius 3 is 1.41 bits per heavy atom. The maximum atomic E-state index is 12.4. The summed E-state index contributed by atoms with van der Waals surface area (Å²) in [6, 6.07) is 0. The molecule has 44 heavy (non-hydrogen) atoms. The molecule has 0 aliphatic heterocycles. The van der Waals surface area contributed by atoms with Crippen molar-refractivity contribution in [2.75, 3.05) is 40.6 Å². The number of ether oxygens (including phenoxy) is 2. The zero-order chi connectivity index (χ0) is 34.1. The lowest BCUT2D eigenvalue weighted by atomic mass is 10.0. The molecule has 264 valence electrons. The van der Waals surface area contributed by atoms with Gasteiger partial charge in [-0.25, -0.2) is 0 Å². The second-order valence-corrected chi connectivity index (χ2v) is 16.3. The maximum absolute atomic E-state index is 12.4. The minimum absolute atomic E-state index is 0.0318. The molecule has 0 aromatic carbocycles. The molecular weight excluding hydrogens is 606 g/mol. The van der Waals surface area contributed by atoms with Gasteiger partial charge in [-0.2, -0.15) is 16.8 Å². The quantitative estimate of drug-likeness (QED) is 0.0395. The summed E-state index contributed by atoms with van der Waals surface area (Å²) >= 11 is 0. The lowest BCUT2D eigenvalue weighted by molar-refractivity contribution is -0.870. The van der Waals surface area contributed by atoms with Crippen LogP contribution in [0.3, 0.4) is 0 Å². The van der Waals surface area contributed by atoms with Crippen molar-refractivity contribution in [1.82, 2.24) is 0 Å². The largest absolute Gasteiger partial charge is 0.458 e. The van der Waals surface area contributed by atoms with Crippen LogP contribution in [-0.4, -0.2) is 85.2 Å². The molecule has 2 atom stereocenters. The number of carbonyl (C=O) groups excluding carboxylic acids is 2. The van der Waals surface area contributed by atoms with Gasteiger partial charge in [0.2, 0.25) is 5.44 Å². The van der Waals surface area contributed by atoms with E-state index >= 15 is 0 Å². The van der Waals surface area contributed by atoms with Gasteiger partial charge in [0.1, 0.15) is 18.3 Å². The van der Waals surface area contributed by atoms with E-state index in [2.05, 4.69) is 38.6 Å². The normalized spacial score (nSPS) is 13.5. The summed E-state index contributed by atoms with van der Waals surface area (Å²) in [5.41, 5.74) is -1.82. The standard InChI is InChI=1S/C26H50O9S2.C6H16N/c1-5-6-7-8-9-10-11-12-13-14-15-16-17-18-19-20-21-33-26(37(31,32)35-36(4,29)30)24(3)34-25(28)22-23(2)27;1-5-6-7(2,3)4/h24,26H,5-22H2,1-4H3;5-6H2,1-4H3/q;+1. The first kappa shape index (κ1) is 45.0. The van der Waals surface area contributed by atoms with Crippen LogP contribution in [0.1, 0.15) is 143 Å². The van der Waals surface area contributed by atoms with E-state index in [4.69, 9.17) is 9.47 Å². The third kappa shape index (κ3) is 30.9. The van der Waals surface area contributed by atoms with Crippen LogP contribution < -0.4 is 0 Å². The Hall–Kier alpha value is -1.08. The molecule has 0 rings (SSSR count). The van der Waals surface area contributed by atoms with Crippen molar-refractivity contribution in [3.05, 3.63) is 0 Å². The molecule has 0 N–H and O–H groups in total. The fraction of sp³-hybridized carbons (Fsp3) is 0.938. The molecule has 0 aromatic rings. The van der Waals surface area contributed by atoms with Gasteiger partial charge < -0.3 is 14.0 Å². The topological polar surface area (TPSA) is 130 Å². The van der Waals surface area contributed by atoms with Crippen molar-refractivity contribution >= 4 is 32.0 Å². The Morgan fingerprint density at radius 1 is 0.682 bits per heavy atom. The molecule has 0 fully saturated rings. The van der Waals surface area contributed by atoms with Gasteiger partial charge in [0, 0.05) is 6.61 Å². The highest BCUT2D eigenvalue weighted by molar-refractivity contribution is 7.99. The van der Waals surface area contributed by atoms with Crippen LogP contribution in [0.5, 0.6) is 0 Å². The third-order valence-corrected chi connectivity index (χ3v) is 9.61. The first-order valence-corrected chi connectivity index (χ1v) is 20.0. The highest BCUT2D eigenvalue weighted by Crippen LogP contribution is 2.18. The molecule has 0 aliphatic carbocycles. The second-order valence-electron chi connectivity index (χ2n) is 12.9. The zero-order valence-corrected chi connectivity index (χ0v) is 30.9. The number of quaternary nitrogens is 1.